The van der Waals surface area contributed by atoms with Gasteiger partial charge in [0.05, 0.1) is 10.8 Å². The summed E-state index contributed by atoms with van der Waals surface area (Å²) < 4.78 is 0. The van der Waals surface area contributed by atoms with Gasteiger partial charge in [-0.15, -0.1) is 0 Å². The molecular formula is C65H47N3. The molecule has 1 heterocycles. The monoisotopic (exact) mass is 869 g/mol. The highest BCUT2D eigenvalue weighted by Gasteiger charge is 2.59. The Hall–Kier alpha value is -8.27. The third kappa shape index (κ3) is 5.56. The van der Waals surface area contributed by atoms with Gasteiger partial charge in [-0.3, -0.25) is 0 Å². The fourth-order valence-electron chi connectivity index (χ4n) is 12.2. The zero-order valence-electron chi connectivity index (χ0n) is 38.1. The first kappa shape index (κ1) is 40.0. The predicted octanol–water partition coefficient (Wildman–Crippen LogP) is 15.8. The van der Waals surface area contributed by atoms with Crippen LogP contribution in [0.5, 0.6) is 0 Å². The van der Waals surface area contributed by atoms with Crippen LogP contribution in [0.3, 0.4) is 0 Å². The number of rotatable bonds is 7. The average Bonchev–Trinajstić information content (AvgIpc) is 3.87. The Morgan fingerprint density at radius 1 is 0.426 bits per heavy atom. The topological polar surface area (TPSA) is 38.7 Å². The third-order valence-electron chi connectivity index (χ3n) is 14.9. The molecule has 13 rings (SSSR count). The van der Waals surface area contributed by atoms with Gasteiger partial charge >= 0.3 is 0 Å². The van der Waals surface area contributed by atoms with E-state index in [-0.39, 0.29) is 0 Å². The Morgan fingerprint density at radius 3 is 1.51 bits per heavy atom. The maximum atomic E-state index is 5.45. The molecular weight excluding hydrogens is 823 g/mol. The lowest BCUT2D eigenvalue weighted by atomic mass is 9.52. The van der Waals surface area contributed by atoms with Crippen molar-refractivity contribution >= 4 is 16.3 Å². The van der Waals surface area contributed by atoms with Gasteiger partial charge in [-0.2, -0.15) is 0 Å². The number of benzene rings is 9. The highest BCUT2D eigenvalue weighted by Crippen LogP contribution is 2.67. The fraction of sp³-hybridized carbons (Fsp3) is 0.0923. The van der Waals surface area contributed by atoms with Crippen LogP contribution in [0.15, 0.2) is 224 Å². The van der Waals surface area contributed by atoms with E-state index < -0.39 is 10.8 Å². The van der Waals surface area contributed by atoms with Crippen molar-refractivity contribution in [3.05, 3.63) is 275 Å². The minimum Gasteiger partial charge on any atom is -0.208 e. The molecule has 0 aliphatic heterocycles. The van der Waals surface area contributed by atoms with E-state index in [1.807, 2.05) is 6.07 Å². The van der Waals surface area contributed by atoms with E-state index in [4.69, 9.17) is 15.0 Å². The molecule has 0 bridgehead atoms. The van der Waals surface area contributed by atoms with Crippen molar-refractivity contribution in [3.8, 4) is 56.2 Å². The van der Waals surface area contributed by atoms with Crippen LogP contribution in [0.4, 0.5) is 0 Å². The maximum absolute atomic E-state index is 5.45. The molecule has 10 aromatic rings. The van der Waals surface area contributed by atoms with Crippen LogP contribution >= 0.6 is 0 Å². The van der Waals surface area contributed by atoms with E-state index in [9.17, 15) is 0 Å². The minimum absolute atomic E-state index is 0.566. The lowest BCUT2D eigenvalue weighted by molar-refractivity contribution is 0.633. The van der Waals surface area contributed by atoms with Crippen molar-refractivity contribution < 1.29 is 0 Å². The van der Waals surface area contributed by atoms with E-state index in [1.165, 1.54) is 66.8 Å². The molecule has 0 amide bonds. The van der Waals surface area contributed by atoms with Gasteiger partial charge in [0.1, 0.15) is 0 Å². The molecule has 3 aliphatic rings. The number of unbranched alkanes of at least 4 members (excludes halogenated alkanes) is 1. The van der Waals surface area contributed by atoms with Gasteiger partial charge in [-0.25, -0.2) is 15.0 Å². The van der Waals surface area contributed by atoms with Crippen LogP contribution in [-0.4, -0.2) is 15.0 Å². The molecule has 0 unspecified atom stereocenters. The molecule has 0 fully saturated rings. The zero-order valence-corrected chi connectivity index (χ0v) is 38.1. The third-order valence-corrected chi connectivity index (χ3v) is 14.9. The van der Waals surface area contributed by atoms with Gasteiger partial charge in [-0.05, 0) is 108 Å². The van der Waals surface area contributed by atoms with E-state index in [0.29, 0.717) is 17.5 Å². The molecule has 2 spiro atoms. The van der Waals surface area contributed by atoms with Crippen LogP contribution in [0, 0.1) is 0 Å². The van der Waals surface area contributed by atoms with Crippen molar-refractivity contribution in [1.29, 1.82) is 0 Å². The molecule has 0 N–H and O–H groups in total. The molecule has 3 heteroatoms. The Balaban J connectivity index is 1.16. The van der Waals surface area contributed by atoms with Gasteiger partial charge < -0.3 is 0 Å². The van der Waals surface area contributed by atoms with Crippen LogP contribution < -0.4 is 0 Å². The van der Waals surface area contributed by atoms with Gasteiger partial charge in [0.25, 0.3) is 0 Å². The SMILES string of the molecule is C/C=C\C(=C/CCC)c1nc(-c2ccccc2)nc(-c2c(-c3ccc4c(c3)C3(c5ccccc5-c5ccccc53)c3ccccc3C43c4ccccc4-c4ccccc43)ccc3ccccc23)n1. The summed E-state index contributed by atoms with van der Waals surface area (Å²) in [6.45, 7) is 4.26. The van der Waals surface area contributed by atoms with Crippen molar-refractivity contribution in [2.45, 2.75) is 37.5 Å². The van der Waals surface area contributed by atoms with Crippen LogP contribution in [0.1, 0.15) is 77.0 Å². The summed E-state index contributed by atoms with van der Waals surface area (Å²) in [6, 6.07) is 76.7. The van der Waals surface area contributed by atoms with E-state index in [0.717, 1.165) is 51.4 Å². The summed E-state index contributed by atoms with van der Waals surface area (Å²) in [6.07, 6.45) is 8.40. The Morgan fingerprint density at radius 2 is 0.926 bits per heavy atom. The van der Waals surface area contributed by atoms with Gasteiger partial charge in [0.2, 0.25) is 0 Å². The highest BCUT2D eigenvalue weighted by atomic mass is 15.0. The van der Waals surface area contributed by atoms with Gasteiger partial charge in [-0.1, -0.05) is 232 Å². The van der Waals surface area contributed by atoms with Crippen LogP contribution in [0.25, 0.3) is 72.5 Å². The number of hydrogen-bond acceptors (Lipinski definition) is 3. The number of fused-ring (bicyclic) bond motifs is 17. The molecule has 322 valence electrons. The summed E-state index contributed by atoms with van der Waals surface area (Å²) in [5, 5.41) is 2.22. The second-order valence-electron chi connectivity index (χ2n) is 18.3. The van der Waals surface area contributed by atoms with Crippen LogP contribution in [0.2, 0.25) is 0 Å². The lowest BCUT2D eigenvalue weighted by Gasteiger charge is -2.49. The van der Waals surface area contributed by atoms with Crippen molar-refractivity contribution in [2.75, 3.05) is 0 Å². The summed E-state index contributed by atoms with van der Waals surface area (Å²) in [4.78, 5) is 16.1. The summed E-state index contributed by atoms with van der Waals surface area (Å²) in [7, 11) is 0. The smallest absolute Gasteiger partial charge is 0.165 e. The minimum atomic E-state index is -0.615. The fourth-order valence-corrected chi connectivity index (χ4v) is 12.2. The molecule has 0 atom stereocenters. The van der Waals surface area contributed by atoms with Gasteiger partial charge in [0, 0.05) is 16.7 Å². The van der Waals surface area contributed by atoms with Gasteiger partial charge in [0.15, 0.2) is 17.5 Å². The Kier molecular flexibility index (Phi) is 9.23. The average molecular weight is 870 g/mol. The number of hydrogen-bond donors (Lipinski definition) is 0. The van der Waals surface area contributed by atoms with E-state index in [2.05, 4.69) is 232 Å². The quantitative estimate of drug-likeness (QED) is 0.150. The largest absolute Gasteiger partial charge is 0.208 e. The highest BCUT2D eigenvalue weighted by molar-refractivity contribution is 6.04. The van der Waals surface area contributed by atoms with E-state index >= 15 is 0 Å². The molecule has 3 nitrogen and oxygen atoms in total. The zero-order chi connectivity index (χ0) is 45.4. The standard InChI is InChI=1S/C65H47N3/c1-3-5-22-43(21-4-2)61-66-62(44-24-7-6-8-25-44)68-63(67-61)60-46-26-10-9-23-42(46)37-39-47(60)45-38-40-58-59(41-45)65(54-33-17-13-29-50(54)51-30-14-18-34-55(51)65)57-36-20-19-35-56(57)64(58)52-31-15-11-27-48(52)49-28-12-16-32-53(49)64/h4,6-41H,3,5H2,1-2H3/b21-4-,43-22+. The number of aromatic nitrogens is 3. The molecule has 68 heavy (non-hydrogen) atoms. The van der Waals surface area contributed by atoms with Crippen molar-refractivity contribution in [2.24, 2.45) is 0 Å². The summed E-state index contributed by atoms with van der Waals surface area (Å²) >= 11 is 0. The number of nitrogens with zero attached hydrogens (tertiary/aromatic N) is 3. The van der Waals surface area contributed by atoms with Crippen LogP contribution in [-0.2, 0) is 10.8 Å². The molecule has 3 aliphatic carbocycles. The first-order chi connectivity index (χ1) is 33.7. The van der Waals surface area contributed by atoms with Crippen molar-refractivity contribution in [3.63, 3.8) is 0 Å². The normalized spacial score (nSPS) is 14.4. The molecule has 9 aromatic carbocycles. The predicted molar refractivity (Wildman–Crippen MR) is 280 cm³/mol. The summed E-state index contributed by atoms with van der Waals surface area (Å²) in [5.74, 6) is 1.97. The Labute approximate surface area is 397 Å². The number of allylic oxidation sites excluding steroid dienone is 4. The van der Waals surface area contributed by atoms with Crippen molar-refractivity contribution in [1.82, 2.24) is 15.0 Å². The first-order valence-corrected chi connectivity index (χ1v) is 24.0. The van der Waals surface area contributed by atoms with E-state index in [1.54, 1.807) is 0 Å². The first-order valence-electron chi connectivity index (χ1n) is 24.0. The maximum Gasteiger partial charge on any atom is 0.165 e. The summed E-state index contributed by atoms with van der Waals surface area (Å²) in [5.41, 5.74) is 19.6. The lowest BCUT2D eigenvalue weighted by Crippen LogP contribution is -2.43. The second-order valence-corrected chi connectivity index (χ2v) is 18.3. The molecule has 0 saturated heterocycles. The Bertz CT molecular complexity index is 3630. The molecule has 0 radical (unpaired) electrons. The molecule has 0 saturated carbocycles. The molecule has 1 aromatic heterocycles. The second kappa shape index (κ2) is 15.7.